The summed E-state index contributed by atoms with van der Waals surface area (Å²) in [7, 11) is 1.71. The fourth-order valence-corrected chi connectivity index (χ4v) is 3.58. The molecule has 1 N–H and O–H groups in total. The molecule has 1 aromatic carbocycles. The smallest absolute Gasteiger partial charge is 0.221 e. The summed E-state index contributed by atoms with van der Waals surface area (Å²) in [5.74, 6) is 0.611. The van der Waals surface area contributed by atoms with Gasteiger partial charge >= 0.3 is 0 Å². The van der Waals surface area contributed by atoms with Gasteiger partial charge in [0.05, 0.1) is 30.1 Å². The van der Waals surface area contributed by atoms with Crippen molar-refractivity contribution in [3.05, 3.63) is 72.3 Å². The molecule has 5 rings (SSSR count). The molecule has 32 heavy (non-hydrogen) atoms. The maximum Gasteiger partial charge on any atom is 0.221 e. The summed E-state index contributed by atoms with van der Waals surface area (Å²) in [4.78, 5) is 17.8. The molecule has 0 saturated carbocycles. The van der Waals surface area contributed by atoms with Crippen molar-refractivity contribution in [2.45, 2.75) is 19.4 Å². The van der Waals surface area contributed by atoms with Gasteiger partial charge in [0.1, 0.15) is 0 Å². The molecule has 0 bridgehead atoms. The molecule has 0 spiro atoms. The van der Waals surface area contributed by atoms with Gasteiger partial charge in [-0.2, -0.15) is 0 Å². The third kappa shape index (κ3) is 4.37. The van der Waals surface area contributed by atoms with Crippen molar-refractivity contribution >= 4 is 33.7 Å². The van der Waals surface area contributed by atoms with Crippen molar-refractivity contribution in [3.63, 3.8) is 0 Å². The third-order valence-electron chi connectivity index (χ3n) is 5.11. The van der Waals surface area contributed by atoms with Crippen LogP contribution in [0.2, 0.25) is 0 Å². The second-order valence-electron chi connectivity index (χ2n) is 7.48. The lowest BCUT2D eigenvalue weighted by Crippen LogP contribution is -2.04. The van der Waals surface area contributed by atoms with E-state index in [0.717, 1.165) is 47.2 Å². The molecule has 4 aromatic heterocycles. The van der Waals surface area contributed by atoms with E-state index in [9.17, 15) is 0 Å². The minimum atomic E-state index is 0.504. The van der Waals surface area contributed by atoms with Crippen molar-refractivity contribution < 1.29 is 4.74 Å². The quantitative estimate of drug-likeness (QED) is 0.376. The number of hydrogen-bond donors (Lipinski definition) is 1. The highest BCUT2D eigenvalue weighted by Crippen LogP contribution is 2.19. The van der Waals surface area contributed by atoms with Crippen LogP contribution in [0.1, 0.15) is 17.5 Å². The summed E-state index contributed by atoms with van der Waals surface area (Å²) >= 11 is 0. The fraction of sp³-hybridized carbons (Fsp3) is 0.217. The van der Waals surface area contributed by atoms with Crippen molar-refractivity contribution in [3.8, 4) is 0 Å². The number of methoxy groups -OCH3 is 1. The Kier molecular flexibility index (Phi) is 5.63. The first-order valence-electron chi connectivity index (χ1n) is 10.4. The second-order valence-corrected chi connectivity index (χ2v) is 7.48. The average molecular weight is 426 g/mol. The minimum absolute atomic E-state index is 0.504. The highest BCUT2D eigenvalue weighted by Gasteiger charge is 2.10. The monoisotopic (exact) mass is 426 g/mol. The summed E-state index contributed by atoms with van der Waals surface area (Å²) < 4.78 is 6.88. The first-order valence-corrected chi connectivity index (χ1v) is 10.4. The van der Waals surface area contributed by atoms with Gasteiger partial charge in [-0.25, -0.2) is 14.6 Å². The Morgan fingerprint density at radius 3 is 2.94 bits per heavy atom. The Hall–Kier alpha value is -3.98. The predicted octanol–water partition coefficient (Wildman–Crippen LogP) is 3.54. The molecule has 4 heterocycles. The number of ether oxygens (including phenoxy) is 1. The number of nitrogens with zero attached hydrogens (tertiary/aromatic N) is 7. The largest absolute Gasteiger partial charge is 0.385 e. The topological polar surface area (TPSA) is 104 Å². The molecular weight excluding hydrogens is 404 g/mol. The van der Waals surface area contributed by atoms with Crippen LogP contribution >= 0.6 is 0 Å². The van der Waals surface area contributed by atoms with Gasteiger partial charge < -0.3 is 10.1 Å². The average Bonchev–Trinajstić information content (AvgIpc) is 3.21. The highest BCUT2D eigenvalue weighted by atomic mass is 16.5. The molecule has 9 nitrogen and oxygen atoms in total. The number of hydrogen-bond acceptors (Lipinski definition) is 8. The van der Waals surface area contributed by atoms with E-state index >= 15 is 0 Å². The normalized spacial score (nSPS) is 11.3. The summed E-state index contributed by atoms with van der Waals surface area (Å²) in [6.07, 6.45) is 8.93. The van der Waals surface area contributed by atoms with E-state index in [4.69, 9.17) is 9.72 Å². The number of pyridine rings is 2. The van der Waals surface area contributed by atoms with Crippen LogP contribution in [0.25, 0.3) is 22.2 Å². The van der Waals surface area contributed by atoms with Crippen LogP contribution in [0, 0.1) is 0 Å². The Morgan fingerprint density at radius 1 is 1.03 bits per heavy atom. The molecule has 0 amide bonds. The lowest BCUT2D eigenvalue weighted by atomic mass is 10.1. The van der Waals surface area contributed by atoms with Gasteiger partial charge in [0, 0.05) is 31.5 Å². The molecule has 0 fully saturated rings. The first kappa shape index (κ1) is 20.0. The van der Waals surface area contributed by atoms with Crippen molar-refractivity contribution in [2.24, 2.45) is 0 Å². The number of aryl methyl sites for hydroxylation is 1. The second kappa shape index (κ2) is 9.03. The van der Waals surface area contributed by atoms with Crippen LogP contribution in [0.5, 0.6) is 0 Å². The lowest BCUT2D eigenvalue weighted by molar-refractivity contribution is 0.195. The first-order chi connectivity index (χ1) is 15.8. The van der Waals surface area contributed by atoms with E-state index in [-0.39, 0.29) is 0 Å². The molecule has 0 aliphatic carbocycles. The van der Waals surface area contributed by atoms with E-state index in [1.54, 1.807) is 30.4 Å². The van der Waals surface area contributed by atoms with Crippen LogP contribution < -0.4 is 5.32 Å². The van der Waals surface area contributed by atoms with Crippen molar-refractivity contribution in [1.82, 2.24) is 34.9 Å². The van der Waals surface area contributed by atoms with Crippen LogP contribution in [0.15, 0.2) is 61.2 Å². The SMILES string of the molecule is COCCCc1cncc(Nc2cnc3nnn(Cc4ccc5ncccc5c4)c3n2)c1. The molecular formula is C23H22N8O. The summed E-state index contributed by atoms with van der Waals surface area (Å²) in [5.41, 5.74) is 5.16. The van der Waals surface area contributed by atoms with Gasteiger partial charge in [-0.1, -0.05) is 17.3 Å². The highest BCUT2D eigenvalue weighted by molar-refractivity contribution is 5.79. The zero-order chi connectivity index (χ0) is 21.8. The van der Waals surface area contributed by atoms with E-state index in [1.807, 2.05) is 30.5 Å². The number of nitrogens with one attached hydrogen (secondary N) is 1. The van der Waals surface area contributed by atoms with Gasteiger partial charge in [-0.15, -0.1) is 5.10 Å². The van der Waals surface area contributed by atoms with E-state index < -0.39 is 0 Å². The summed E-state index contributed by atoms with van der Waals surface area (Å²) in [6, 6.07) is 12.2. The Morgan fingerprint density at radius 2 is 2.00 bits per heavy atom. The van der Waals surface area contributed by atoms with Gasteiger partial charge in [0.2, 0.25) is 5.65 Å². The predicted molar refractivity (Wildman–Crippen MR) is 122 cm³/mol. The molecule has 0 saturated heterocycles. The van der Waals surface area contributed by atoms with E-state index in [2.05, 4.69) is 42.7 Å². The third-order valence-corrected chi connectivity index (χ3v) is 5.11. The zero-order valence-electron chi connectivity index (χ0n) is 17.6. The molecule has 160 valence electrons. The van der Waals surface area contributed by atoms with Crippen LogP contribution in [0.3, 0.4) is 0 Å². The Labute approximate surface area is 184 Å². The minimum Gasteiger partial charge on any atom is -0.385 e. The maximum absolute atomic E-state index is 5.13. The number of anilines is 2. The molecule has 5 aromatic rings. The Balaban J connectivity index is 1.37. The number of aromatic nitrogens is 7. The molecule has 0 atom stereocenters. The van der Waals surface area contributed by atoms with Crippen LogP contribution in [-0.4, -0.2) is 48.6 Å². The zero-order valence-corrected chi connectivity index (χ0v) is 17.6. The van der Waals surface area contributed by atoms with Gasteiger partial charge in [0.15, 0.2) is 11.5 Å². The number of rotatable bonds is 8. The number of benzene rings is 1. The molecule has 0 aliphatic heterocycles. The van der Waals surface area contributed by atoms with Crippen molar-refractivity contribution in [1.29, 1.82) is 0 Å². The van der Waals surface area contributed by atoms with Crippen LogP contribution in [-0.2, 0) is 17.7 Å². The molecule has 0 radical (unpaired) electrons. The number of fused-ring (bicyclic) bond motifs is 2. The van der Waals surface area contributed by atoms with Gasteiger partial charge in [0.25, 0.3) is 0 Å². The van der Waals surface area contributed by atoms with E-state index in [1.165, 1.54) is 0 Å². The lowest BCUT2D eigenvalue weighted by Gasteiger charge is -2.08. The van der Waals surface area contributed by atoms with E-state index in [0.29, 0.717) is 23.7 Å². The molecule has 0 unspecified atom stereocenters. The molecule has 0 aliphatic rings. The van der Waals surface area contributed by atoms with Gasteiger partial charge in [-0.3, -0.25) is 9.97 Å². The summed E-state index contributed by atoms with van der Waals surface area (Å²) in [5, 5.41) is 12.8. The van der Waals surface area contributed by atoms with Gasteiger partial charge in [-0.05, 0) is 48.2 Å². The molecule has 9 heteroatoms. The fourth-order valence-electron chi connectivity index (χ4n) is 3.58. The Bertz CT molecular complexity index is 1370. The summed E-state index contributed by atoms with van der Waals surface area (Å²) in [6.45, 7) is 1.26. The standard InChI is InChI=1S/C23H22N8O/c1-32-9-3-4-16-11-19(13-24-12-16)27-21-14-26-22-23(28-21)31(30-29-22)15-17-6-7-20-18(10-17)5-2-8-25-20/h2,5-8,10-14H,3-4,9,15H2,1H3,(H,27,28). The van der Waals surface area contributed by atoms with Crippen molar-refractivity contribution in [2.75, 3.05) is 19.0 Å². The van der Waals surface area contributed by atoms with Crippen LogP contribution in [0.4, 0.5) is 11.5 Å². The maximum atomic E-state index is 5.13.